The maximum atomic E-state index is 13.3. The molecule has 0 spiro atoms. The zero-order valence-electron chi connectivity index (χ0n) is 16.0. The second-order valence-corrected chi connectivity index (χ2v) is 9.67. The minimum absolute atomic E-state index is 0.0122. The predicted octanol–water partition coefficient (Wildman–Crippen LogP) is 5.92. The Labute approximate surface area is 184 Å². The Morgan fingerprint density at radius 2 is 1.67 bits per heavy atom. The van der Waals surface area contributed by atoms with Crippen molar-refractivity contribution in [3.63, 3.8) is 0 Å². The molecule has 4 aromatic rings. The minimum atomic E-state index is -3.81. The number of para-hydroxylation sites is 1. The minimum Gasteiger partial charge on any atom is -0.294 e. The van der Waals surface area contributed by atoms with E-state index in [1.54, 1.807) is 48.5 Å². The molecule has 0 aliphatic heterocycles. The second kappa shape index (κ2) is 7.91. The third-order valence-electron chi connectivity index (χ3n) is 4.92. The van der Waals surface area contributed by atoms with Gasteiger partial charge in [0.15, 0.2) is 5.78 Å². The maximum Gasteiger partial charge on any atom is 0.268 e. The van der Waals surface area contributed by atoms with Gasteiger partial charge in [-0.25, -0.2) is 12.4 Å². The van der Waals surface area contributed by atoms with Crippen LogP contribution in [0.3, 0.4) is 0 Å². The SMILES string of the molecule is Cc1ccc(S(=O)(=O)n2cc(CC(=O)c3ccc(Cl)cc3Cl)c3ccccc32)cc1. The average Bonchev–Trinajstić information content (AvgIpc) is 3.07. The molecule has 0 radical (unpaired) electrons. The van der Waals surface area contributed by atoms with Crippen molar-refractivity contribution in [2.24, 2.45) is 0 Å². The Morgan fingerprint density at radius 1 is 0.967 bits per heavy atom. The van der Waals surface area contributed by atoms with E-state index < -0.39 is 10.0 Å². The van der Waals surface area contributed by atoms with Crippen molar-refractivity contribution < 1.29 is 13.2 Å². The predicted molar refractivity (Wildman–Crippen MR) is 120 cm³/mol. The van der Waals surface area contributed by atoms with Crippen LogP contribution in [-0.4, -0.2) is 18.2 Å². The van der Waals surface area contributed by atoms with E-state index in [9.17, 15) is 13.2 Å². The number of ketones is 1. The monoisotopic (exact) mass is 457 g/mol. The fourth-order valence-corrected chi connectivity index (χ4v) is 5.27. The highest BCUT2D eigenvalue weighted by Gasteiger charge is 2.22. The average molecular weight is 458 g/mol. The first kappa shape index (κ1) is 20.7. The molecule has 0 aliphatic rings. The normalized spacial score (nSPS) is 11.7. The molecule has 152 valence electrons. The van der Waals surface area contributed by atoms with Crippen LogP contribution >= 0.6 is 23.2 Å². The summed E-state index contributed by atoms with van der Waals surface area (Å²) in [7, 11) is -3.81. The summed E-state index contributed by atoms with van der Waals surface area (Å²) < 4.78 is 27.8. The van der Waals surface area contributed by atoms with E-state index in [1.807, 2.05) is 19.1 Å². The van der Waals surface area contributed by atoms with Crippen LogP contribution in [0.5, 0.6) is 0 Å². The van der Waals surface area contributed by atoms with Gasteiger partial charge in [-0.3, -0.25) is 4.79 Å². The number of carbonyl (C=O) groups is 1. The number of hydrogen-bond donors (Lipinski definition) is 0. The molecule has 4 rings (SSSR count). The van der Waals surface area contributed by atoms with Gasteiger partial charge in [0.25, 0.3) is 10.0 Å². The van der Waals surface area contributed by atoms with Gasteiger partial charge in [0.05, 0.1) is 15.4 Å². The van der Waals surface area contributed by atoms with Gasteiger partial charge in [0, 0.05) is 28.6 Å². The van der Waals surface area contributed by atoms with Gasteiger partial charge < -0.3 is 0 Å². The van der Waals surface area contributed by atoms with E-state index in [4.69, 9.17) is 23.2 Å². The number of benzene rings is 3. The molecule has 1 heterocycles. The molecule has 0 amide bonds. The molecule has 7 heteroatoms. The number of rotatable bonds is 5. The van der Waals surface area contributed by atoms with E-state index in [1.165, 1.54) is 16.2 Å². The second-order valence-electron chi connectivity index (χ2n) is 7.01. The molecule has 4 nitrogen and oxygen atoms in total. The van der Waals surface area contributed by atoms with Crippen LogP contribution in [0.15, 0.2) is 77.8 Å². The number of aryl methyl sites for hydroxylation is 1. The lowest BCUT2D eigenvalue weighted by molar-refractivity contribution is 0.0993. The molecule has 0 N–H and O–H groups in total. The van der Waals surface area contributed by atoms with Crippen LogP contribution < -0.4 is 0 Å². The topological polar surface area (TPSA) is 56.1 Å². The lowest BCUT2D eigenvalue weighted by Crippen LogP contribution is -2.12. The smallest absolute Gasteiger partial charge is 0.268 e. The first-order valence-electron chi connectivity index (χ1n) is 9.17. The fourth-order valence-electron chi connectivity index (χ4n) is 3.37. The molecular weight excluding hydrogens is 441 g/mol. The third kappa shape index (κ3) is 3.76. The van der Waals surface area contributed by atoms with E-state index in [2.05, 4.69) is 0 Å². The summed E-state index contributed by atoms with van der Waals surface area (Å²) in [6.07, 6.45) is 1.53. The standard InChI is InChI=1S/C23H17Cl2NO3S/c1-15-6-9-18(10-7-15)30(28,29)26-14-16(19-4-2-3-5-22(19)26)12-23(27)20-11-8-17(24)13-21(20)25/h2-11,13-14H,12H2,1H3. The number of nitrogens with zero attached hydrogens (tertiary/aromatic N) is 1. The van der Waals surface area contributed by atoms with Crippen molar-refractivity contribution in [3.8, 4) is 0 Å². The van der Waals surface area contributed by atoms with Crippen LogP contribution in [0, 0.1) is 6.92 Å². The Hall–Kier alpha value is -2.60. The summed E-state index contributed by atoms with van der Waals surface area (Å²) in [5.74, 6) is -0.215. The lowest BCUT2D eigenvalue weighted by atomic mass is 10.0. The molecule has 0 fully saturated rings. The third-order valence-corrected chi connectivity index (χ3v) is 7.16. The fraction of sp³-hybridized carbons (Fsp3) is 0.0870. The lowest BCUT2D eigenvalue weighted by Gasteiger charge is -2.07. The van der Waals surface area contributed by atoms with Gasteiger partial charge in [-0.05, 0) is 48.9 Å². The number of halogens is 2. The molecule has 0 aliphatic carbocycles. The molecular formula is C23H17Cl2NO3S. The van der Waals surface area contributed by atoms with Crippen molar-refractivity contribution >= 4 is 49.9 Å². The maximum absolute atomic E-state index is 13.3. The zero-order chi connectivity index (χ0) is 21.5. The molecule has 0 saturated carbocycles. The molecule has 0 unspecified atom stereocenters. The quantitative estimate of drug-likeness (QED) is 0.349. The summed E-state index contributed by atoms with van der Waals surface area (Å²) in [4.78, 5) is 13.1. The van der Waals surface area contributed by atoms with Crippen LogP contribution in [0.25, 0.3) is 10.9 Å². The van der Waals surface area contributed by atoms with Crippen molar-refractivity contribution in [2.45, 2.75) is 18.2 Å². The van der Waals surface area contributed by atoms with Crippen molar-refractivity contribution in [1.82, 2.24) is 3.97 Å². The van der Waals surface area contributed by atoms with E-state index in [0.29, 0.717) is 27.1 Å². The van der Waals surface area contributed by atoms with Gasteiger partial charge in [-0.1, -0.05) is 59.1 Å². The molecule has 0 saturated heterocycles. The van der Waals surface area contributed by atoms with Crippen molar-refractivity contribution in [2.75, 3.05) is 0 Å². The number of Topliss-reactive ketones (excluding diaryl/α,β-unsaturated/α-hetero) is 1. The number of hydrogen-bond acceptors (Lipinski definition) is 3. The van der Waals surface area contributed by atoms with E-state index in [-0.39, 0.29) is 22.1 Å². The summed E-state index contributed by atoms with van der Waals surface area (Å²) in [6, 6.07) is 18.5. The Bertz CT molecular complexity index is 1370. The van der Waals surface area contributed by atoms with Gasteiger partial charge in [0.1, 0.15) is 0 Å². The van der Waals surface area contributed by atoms with E-state index in [0.717, 1.165) is 5.56 Å². The van der Waals surface area contributed by atoms with Crippen molar-refractivity contribution in [1.29, 1.82) is 0 Å². The molecule has 30 heavy (non-hydrogen) atoms. The van der Waals surface area contributed by atoms with Crippen LogP contribution in [0.1, 0.15) is 21.5 Å². The summed E-state index contributed by atoms with van der Waals surface area (Å²) in [5.41, 5.74) is 2.44. The van der Waals surface area contributed by atoms with Crippen LogP contribution in [0.2, 0.25) is 10.0 Å². The highest BCUT2D eigenvalue weighted by Crippen LogP contribution is 2.28. The first-order valence-corrected chi connectivity index (χ1v) is 11.4. The molecule has 3 aromatic carbocycles. The van der Waals surface area contributed by atoms with Gasteiger partial charge >= 0.3 is 0 Å². The Balaban J connectivity index is 1.79. The number of aromatic nitrogens is 1. The van der Waals surface area contributed by atoms with Gasteiger partial charge in [0.2, 0.25) is 0 Å². The number of fused-ring (bicyclic) bond motifs is 1. The highest BCUT2D eigenvalue weighted by atomic mass is 35.5. The molecule has 0 bridgehead atoms. The molecule has 0 atom stereocenters. The first-order chi connectivity index (χ1) is 14.3. The Kier molecular flexibility index (Phi) is 5.45. The Morgan fingerprint density at radius 3 is 2.37 bits per heavy atom. The summed E-state index contributed by atoms with van der Waals surface area (Å²) in [6.45, 7) is 1.90. The largest absolute Gasteiger partial charge is 0.294 e. The van der Waals surface area contributed by atoms with Crippen LogP contribution in [0.4, 0.5) is 0 Å². The van der Waals surface area contributed by atoms with Gasteiger partial charge in [-0.15, -0.1) is 0 Å². The van der Waals surface area contributed by atoms with E-state index >= 15 is 0 Å². The number of carbonyl (C=O) groups excluding carboxylic acids is 1. The summed E-state index contributed by atoms with van der Waals surface area (Å²) in [5, 5.41) is 1.41. The van der Waals surface area contributed by atoms with Crippen LogP contribution in [-0.2, 0) is 16.4 Å². The van der Waals surface area contributed by atoms with Gasteiger partial charge in [-0.2, -0.15) is 0 Å². The summed E-state index contributed by atoms with van der Waals surface area (Å²) >= 11 is 12.1. The highest BCUT2D eigenvalue weighted by molar-refractivity contribution is 7.90. The van der Waals surface area contributed by atoms with Crippen molar-refractivity contribution in [3.05, 3.63) is 99.7 Å². The zero-order valence-corrected chi connectivity index (χ0v) is 18.3. The molecule has 1 aromatic heterocycles.